The average Bonchev–Trinajstić information content (AvgIpc) is 3.05. The van der Waals surface area contributed by atoms with Crippen LogP contribution in [-0.2, 0) is 6.42 Å². The fraction of sp³-hybridized carbons (Fsp3) is 0.400. The van der Waals surface area contributed by atoms with Gasteiger partial charge in [-0.3, -0.25) is 0 Å². The second-order valence-electron chi connectivity index (χ2n) is 5.51. The maximum absolute atomic E-state index is 5.76. The lowest BCUT2D eigenvalue weighted by Gasteiger charge is -2.13. The third kappa shape index (κ3) is 1.22. The number of hydrogen-bond donors (Lipinski definition) is 1. The zero-order chi connectivity index (χ0) is 12.3. The van der Waals surface area contributed by atoms with Gasteiger partial charge in [-0.05, 0) is 42.7 Å². The molecule has 0 bridgehead atoms. The Labute approximate surface area is 106 Å². The molecule has 2 N–H and O–H groups in total. The molecule has 4 rings (SSSR count). The molecule has 0 aliphatic heterocycles. The van der Waals surface area contributed by atoms with Crippen LogP contribution in [0.15, 0.2) is 28.8 Å². The van der Waals surface area contributed by atoms with E-state index in [4.69, 9.17) is 10.3 Å². The molecule has 0 amide bonds. The van der Waals surface area contributed by atoms with Crippen LogP contribution in [0.4, 0.5) is 5.88 Å². The first-order valence-electron chi connectivity index (χ1n) is 6.57. The third-order valence-corrected chi connectivity index (χ3v) is 4.64. The standard InChI is InChI=1S/C15H16N2O/c1-8-14(17-18-15(8)16)13-11-7-6-9-4-2-3-5-10(9)12(11)13/h2-5,11-13H,6-7,16H2,1H3. The molecule has 3 nitrogen and oxygen atoms in total. The Kier molecular flexibility index (Phi) is 1.91. The molecule has 1 fully saturated rings. The number of hydrogen-bond acceptors (Lipinski definition) is 3. The second-order valence-corrected chi connectivity index (χ2v) is 5.51. The zero-order valence-electron chi connectivity index (χ0n) is 10.4. The summed E-state index contributed by atoms with van der Waals surface area (Å²) in [4.78, 5) is 0. The van der Waals surface area contributed by atoms with Gasteiger partial charge in [0.05, 0.1) is 5.69 Å². The quantitative estimate of drug-likeness (QED) is 0.833. The number of aryl methyl sites for hydroxylation is 1. The summed E-state index contributed by atoms with van der Waals surface area (Å²) >= 11 is 0. The molecule has 18 heavy (non-hydrogen) atoms. The van der Waals surface area contributed by atoms with Gasteiger partial charge in [0.2, 0.25) is 5.88 Å². The van der Waals surface area contributed by atoms with Crippen LogP contribution in [0.2, 0.25) is 0 Å². The Hall–Kier alpha value is -1.77. The molecular formula is C15H16N2O. The van der Waals surface area contributed by atoms with Gasteiger partial charge in [0.25, 0.3) is 0 Å². The SMILES string of the molecule is Cc1c(C2C3CCc4ccccc4C32)noc1N. The van der Waals surface area contributed by atoms with Crippen molar-refractivity contribution in [1.82, 2.24) is 5.16 Å². The highest BCUT2D eigenvalue weighted by atomic mass is 16.5. The maximum atomic E-state index is 5.76. The smallest absolute Gasteiger partial charge is 0.225 e. The minimum Gasteiger partial charge on any atom is -0.367 e. The maximum Gasteiger partial charge on any atom is 0.225 e. The first-order valence-corrected chi connectivity index (χ1v) is 6.57. The molecule has 1 aromatic carbocycles. The summed E-state index contributed by atoms with van der Waals surface area (Å²) in [6, 6.07) is 8.80. The number of fused-ring (bicyclic) bond motifs is 3. The number of nitrogens with zero attached hydrogens (tertiary/aromatic N) is 1. The number of anilines is 1. The number of aromatic nitrogens is 1. The molecule has 2 aromatic rings. The molecule has 0 radical (unpaired) electrons. The number of benzene rings is 1. The fourth-order valence-electron chi connectivity index (χ4n) is 3.61. The van der Waals surface area contributed by atoms with Gasteiger partial charge in [-0.2, -0.15) is 0 Å². The highest BCUT2D eigenvalue weighted by molar-refractivity contribution is 5.48. The van der Waals surface area contributed by atoms with Crippen LogP contribution in [0.5, 0.6) is 0 Å². The van der Waals surface area contributed by atoms with E-state index in [1.165, 1.54) is 24.0 Å². The predicted molar refractivity (Wildman–Crippen MR) is 69.4 cm³/mol. The third-order valence-electron chi connectivity index (χ3n) is 4.64. The molecular weight excluding hydrogens is 224 g/mol. The van der Waals surface area contributed by atoms with E-state index in [-0.39, 0.29) is 0 Å². The number of rotatable bonds is 1. The lowest BCUT2D eigenvalue weighted by atomic mass is 9.92. The minimum absolute atomic E-state index is 0.474. The molecule has 92 valence electrons. The van der Waals surface area contributed by atoms with E-state index in [1.54, 1.807) is 0 Å². The van der Waals surface area contributed by atoms with Gasteiger partial charge in [0.15, 0.2) is 0 Å². The van der Waals surface area contributed by atoms with Crippen molar-refractivity contribution in [2.45, 2.75) is 31.6 Å². The average molecular weight is 240 g/mol. The molecule has 3 unspecified atom stereocenters. The minimum atomic E-state index is 0.474. The van der Waals surface area contributed by atoms with Crippen molar-refractivity contribution in [3.05, 3.63) is 46.6 Å². The van der Waals surface area contributed by atoms with Crippen LogP contribution in [0, 0.1) is 12.8 Å². The summed E-state index contributed by atoms with van der Waals surface area (Å²) < 4.78 is 5.12. The van der Waals surface area contributed by atoms with Gasteiger partial charge >= 0.3 is 0 Å². The lowest BCUT2D eigenvalue weighted by Crippen LogP contribution is -2.00. The molecule has 2 aliphatic carbocycles. The monoisotopic (exact) mass is 240 g/mol. The Morgan fingerprint density at radius 1 is 1.28 bits per heavy atom. The first kappa shape index (κ1) is 10.2. The van der Waals surface area contributed by atoms with Crippen LogP contribution < -0.4 is 5.73 Å². The Balaban J connectivity index is 1.75. The van der Waals surface area contributed by atoms with Crippen molar-refractivity contribution in [2.24, 2.45) is 5.92 Å². The van der Waals surface area contributed by atoms with E-state index in [0.717, 1.165) is 17.2 Å². The van der Waals surface area contributed by atoms with E-state index in [9.17, 15) is 0 Å². The van der Waals surface area contributed by atoms with Crippen LogP contribution in [-0.4, -0.2) is 5.16 Å². The summed E-state index contributed by atoms with van der Waals surface area (Å²) in [6.07, 6.45) is 2.46. The van der Waals surface area contributed by atoms with Gasteiger partial charge in [-0.25, -0.2) is 0 Å². The van der Waals surface area contributed by atoms with E-state index < -0.39 is 0 Å². The summed E-state index contributed by atoms with van der Waals surface area (Å²) in [5.74, 6) is 2.37. The zero-order valence-corrected chi connectivity index (χ0v) is 10.4. The molecule has 1 saturated carbocycles. The van der Waals surface area contributed by atoms with Crippen molar-refractivity contribution in [1.29, 1.82) is 0 Å². The lowest BCUT2D eigenvalue weighted by molar-refractivity contribution is 0.426. The van der Waals surface area contributed by atoms with E-state index in [2.05, 4.69) is 29.4 Å². The second kappa shape index (κ2) is 3.37. The number of nitrogen functional groups attached to an aromatic ring is 1. The summed E-state index contributed by atoms with van der Waals surface area (Å²) in [6.45, 7) is 2.01. The topological polar surface area (TPSA) is 52.0 Å². The highest BCUT2D eigenvalue weighted by Crippen LogP contribution is 2.65. The van der Waals surface area contributed by atoms with Gasteiger partial charge in [0, 0.05) is 11.5 Å². The van der Waals surface area contributed by atoms with Gasteiger partial charge < -0.3 is 10.3 Å². The Morgan fingerprint density at radius 2 is 2.11 bits per heavy atom. The molecule has 2 aliphatic rings. The van der Waals surface area contributed by atoms with Gasteiger partial charge in [-0.15, -0.1) is 0 Å². The van der Waals surface area contributed by atoms with Crippen LogP contribution in [0.3, 0.4) is 0 Å². The summed E-state index contributed by atoms with van der Waals surface area (Å²) in [5, 5.41) is 4.17. The van der Waals surface area contributed by atoms with E-state index in [0.29, 0.717) is 17.7 Å². The van der Waals surface area contributed by atoms with Crippen molar-refractivity contribution in [3.63, 3.8) is 0 Å². The largest absolute Gasteiger partial charge is 0.367 e. The van der Waals surface area contributed by atoms with Crippen LogP contribution in [0.1, 0.15) is 40.6 Å². The van der Waals surface area contributed by atoms with Crippen molar-refractivity contribution in [3.8, 4) is 0 Å². The normalized spacial score (nSPS) is 28.6. The Morgan fingerprint density at radius 3 is 2.89 bits per heavy atom. The fourth-order valence-corrected chi connectivity index (χ4v) is 3.61. The predicted octanol–water partition coefficient (Wildman–Crippen LogP) is 3.01. The highest BCUT2D eigenvalue weighted by Gasteiger charge is 2.55. The van der Waals surface area contributed by atoms with Crippen LogP contribution in [0.25, 0.3) is 0 Å². The summed E-state index contributed by atoms with van der Waals surface area (Å²) in [7, 11) is 0. The van der Waals surface area contributed by atoms with Crippen molar-refractivity contribution >= 4 is 5.88 Å². The molecule has 3 heteroatoms. The van der Waals surface area contributed by atoms with Crippen LogP contribution >= 0.6 is 0 Å². The van der Waals surface area contributed by atoms with Gasteiger partial charge in [-0.1, -0.05) is 29.4 Å². The Bertz CT molecular complexity index is 617. The molecule has 0 saturated heterocycles. The molecule has 3 atom stereocenters. The number of nitrogens with two attached hydrogens (primary N) is 1. The van der Waals surface area contributed by atoms with E-state index in [1.807, 2.05) is 6.92 Å². The van der Waals surface area contributed by atoms with Gasteiger partial charge in [0.1, 0.15) is 0 Å². The van der Waals surface area contributed by atoms with Crippen molar-refractivity contribution in [2.75, 3.05) is 5.73 Å². The van der Waals surface area contributed by atoms with Crippen molar-refractivity contribution < 1.29 is 4.52 Å². The molecule has 1 heterocycles. The first-order chi connectivity index (χ1) is 8.77. The molecule has 1 aromatic heterocycles. The molecule has 0 spiro atoms. The van der Waals surface area contributed by atoms with E-state index >= 15 is 0 Å². The summed E-state index contributed by atoms with van der Waals surface area (Å²) in [5.41, 5.74) is 10.9.